The molecule has 0 unspecified atom stereocenters. The summed E-state index contributed by atoms with van der Waals surface area (Å²) in [7, 11) is -2.03. The molecular formula is C30H36F4N4O3S. The van der Waals surface area contributed by atoms with Crippen molar-refractivity contribution in [3.8, 4) is 17.6 Å². The number of rotatable bonds is 7. The predicted octanol–water partition coefficient (Wildman–Crippen LogP) is 5.70. The number of alkyl halides is 4. The van der Waals surface area contributed by atoms with Gasteiger partial charge in [-0.05, 0) is 63.4 Å². The molecule has 7 nitrogen and oxygen atoms in total. The minimum atomic E-state index is -4.48. The molecule has 1 saturated heterocycles. The topological polar surface area (TPSA) is 75.6 Å². The van der Waals surface area contributed by atoms with Gasteiger partial charge in [0.05, 0.1) is 41.5 Å². The Morgan fingerprint density at radius 3 is 2.45 bits per heavy atom. The molecule has 0 saturated carbocycles. The van der Waals surface area contributed by atoms with E-state index in [1.54, 1.807) is 30.3 Å². The van der Waals surface area contributed by atoms with Gasteiger partial charge in [0, 0.05) is 42.0 Å². The summed E-state index contributed by atoms with van der Waals surface area (Å²) in [6.45, 7) is 5.94. The lowest BCUT2D eigenvalue weighted by Gasteiger charge is -2.42. The molecule has 0 aliphatic carbocycles. The first-order valence-corrected chi connectivity index (χ1v) is 15.4. The van der Waals surface area contributed by atoms with Crippen LogP contribution in [-0.2, 0) is 16.4 Å². The van der Waals surface area contributed by atoms with Crippen molar-refractivity contribution in [2.24, 2.45) is 0 Å². The van der Waals surface area contributed by atoms with Crippen molar-refractivity contribution in [3.63, 3.8) is 0 Å². The molecule has 1 aliphatic rings. The van der Waals surface area contributed by atoms with Crippen LogP contribution in [0.15, 0.2) is 47.4 Å². The number of nitrogens with zero attached hydrogens (tertiary/aromatic N) is 2. The van der Waals surface area contributed by atoms with Gasteiger partial charge in [0.2, 0.25) is 0 Å². The third kappa shape index (κ3) is 7.50. The van der Waals surface area contributed by atoms with Crippen molar-refractivity contribution in [2.75, 3.05) is 43.6 Å². The minimum absolute atomic E-state index is 0.0586. The molecule has 12 heteroatoms. The van der Waals surface area contributed by atoms with Crippen molar-refractivity contribution < 1.29 is 30.7 Å². The number of benzene rings is 2. The van der Waals surface area contributed by atoms with Crippen LogP contribution in [-0.4, -0.2) is 74.8 Å². The Bertz CT molecular complexity index is 1600. The zero-order valence-electron chi connectivity index (χ0n) is 24.3. The Balaban J connectivity index is 1.59. The van der Waals surface area contributed by atoms with Crippen LogP contribution in [0.25, 0.3) is 10.9 Å². The molecule has 228 valence electrons. The third-order valence-electron chi connectivity index (χ3n) is 7.30. The highest BCUT2D eigenvalue weighted by atomic mass is 32.2. The second-order valence-corrected chi connectivity index (χ2v) is 13.4. The number of nitrogens with one attached hydrogen (secondary N) is 2. The highest BCUT2D eigenvalue weighted by Gasteiger charge is 2.34. The summed E-state index contributed by atoms with van der Waals surface area (Å²) >= 11 is 0. The highest BCUT2D eigenvalue weighted by molar-refractivity contribution is 7.90. The van der Waals surface area contributed by atoms with Gasteiger partial charge >= 0.3 is 6.18 Å². The highest BCUT2D eigenvalue weighted by Crippen LogP contribution is 2.32. The zero-order valence-corrected chi connectivity index (χ0v) is 25.1. The Morgan fingerprint density at radius 2 is 1.83 bits per heavy atom. The maximum Gasteiger partial charge on any atom is 0.406 e. The van der Waals surface area contributed by atoms with E-state index in [0.717, 1.165) is 10.8 Å². The lowest BCUT2D eigenvalue weighted by atomic mass is 9.96. The van der Waals surface area contributed by atoms with Crippen LogP contribution >= 0.6 is 0 Å². The van der Waals surface area contributed by atoms with Gasteiger partial charge in [-0.3, -0.25) is 4.90 Å². The fraction of sp³-hybridized carbons (Fsp3) is 0.467. The lowest BCUT2D eigenvalue weighted by Crippen LogP contribution is -2.54. The molecule has 3 aromatic rings. The molecule has 1 fully saturated rings. The van der Waals surface area contributed by atoms with Crippen molar-refractivity contribution >= 4 is 32.1 Å². The number of likely N-dealkylation sites (tertiary alicyclic amines) is 1. The number of ether oxygens (including phenoxy) is 1. The van der Waals surface area contributed by atoms with E-state index in [-0.39, 0.29) is 29.2 Å². The zero-order chi connectivity index (χ0) is 30.9. The molecule has 2 atom stereocenters. The summed E-state index contributed by atoms with van der Waals surface area (Å²) in [6.07, 6.45) is -3.97. The van der Waals surface area contributed by atoms with Crippen molar-refractivity contribution in [1.29, 1.82) is 0 Å². The monoisotopic (exact) mass is 608 g/mol. The Hall–Kier alpha value is -3.43. The molecule has 1 aromatic heterocycles. The smallest absolute Gasteiger partial charge is 0.406 e. The van der Waals surface area contributed by atoms with Gasteiger partial charge in [-0.15, -0.1) is 0 Å². The maximum absolute atomic E-state index is 15.2. The summed E-state index contributed by atoms with van der Waals surface area (Å²) in [4.78, 5) is 2.18. The summed E-state index contributed by atoms with van der Waals surface area (Å²) in [5.74, 6) is 5.98. The summed E-state index contributed by atoms with van der Waals surface area (Å²) in [6, 6.07) is 10.5. The molecule has 4 rings (SSSR count). The molecule has 2 N–H and O–H groups in total. The Morgan fingerprint density at radius 1 is 1.10 bits per heavy atom. The number of hydrogen-bond acceptors (Lipinski definition) is 6. The van der Waals surface area contributed by atoms with Crippen LogP contribution in [0.2, 0.25) is 0 Å². The van der Waals surface area contributed by atoms with Gasteiger partial charge < -0.3 is 19.9 Å². The standard InChI is InChI=1S/C30H36F4N4O3S/c1-29(2,3)37-15-13-25(23(31)18-37)36-24-9-6-10-27-22(24)16-20(38(27)19-30(32,33)34)8-7-14-35-26-12-11-21(42(5,39)40)17-28(26)41-4/h6,9-12,16-17,23,25,35-36H,13-15,18-19H2,1-5H3/t23-,25+/m0/s1. The van der Waals surface area contributed by atoms with E-state index < -0.39 is 34.8 Å². The summed E-state index contributed by atoms with van der Waals surface area (Å²) in [5, 5.41) is 6.80. The van der Waals surface area contributed by atoms with Crippen LogP contribution in [0.5, 0.6) is 5.75 Å². The predicted molar refractivity (Wildman–Crippen MR) is 158 cm³/mol. The van der Waals surface area contributed by atoms with Crippen LogP contribution in [0.4, 0.5) is 28.9 Å². The van der Waals surface area contributed by atoms with E-state index in [2.05, 4.69) is 27.4 Å². The van der Waals surface area contributed by atoms with E-state index in [1.807, 2.05) is 20.8 Å². The SMILES string of the molecule is COc1cc(S(C)(=O)=O)ccc1NCC#Cc1cc2c(N[C@@H]3CCN(C(C)(C)C)C[C@@H]3F)cccc2n1CC(F)(F)F. The quantitative estimate of drug-likeness (QED) is 0.265. The molecular weight excluding hydrogens is 572 g/mol. The first-order valence-electron chi connectivity index (χ1n) is 13.5. The van der Waals surface area contributed by atoms with E-state index in [4.69, 9.17) is 4.74 Å². The molecule has 2 aromatic carbocycles. The van der Waals surface area contributed by atoms with Gasteiger partial charge in [0.25, 0.3) is 0 Å². The molecule has 2 heterocycles. The van der Waals surface area contributed by atoms with Crippen molar-refractivity contribution in [3.05, 3.63) is 48.2 Å². The number of halogens is 4. The third-order valence-corrected chi connectivity index (χ3v) is 8.41. The fourth-order valence-corrected chi connectivity index (χ4v) is 5.70. The number of piperidine rings is 1. The first-order chi connectivity index (χ1) is 19.6. The van der Waals surface area contributed by atoms with Crippen LogP contribution in [0.3, 0.4) is 0 Å². The van der Waals surface area contributed by atoms with E-state index in [9.17, 15) is 21.6 Å². The van der Waals surface area contributed by atoms with E-state index in [0.29, 0.717) is 41.0 Å². The minimum Gasteiger partial charge on any atom is -0.495 e. The van der Waals surface area contributed by atoms with Crippen LogP contribution in [0, 0.1) is 11.8 Å². The van der Waals surface area contributed by atoms with Gasteiger partial charge in [-0.25, -0.2) is 12.8 Å². The van der Waals surface area contributed by atoms with Crippen molar-refractivity contribution in [2.45, 2.75) is 62.6 Å². The number of anilines is 2. The second kappa shape index (κ2) is 12.1. The van der Waals surface area contributed by atoms with Gasteiger partial charge in [-0.2, -0.15) is 13.2 Å². The Kier molecular flexibility index (Phi) is 9.04. The lowest BCUT2D eigenvalue weighted by molar-refractivity contribution is -0.140. The number of sulfone groups is 1. The summed E-state index contributed by atoms with van der Waals surface area (Å²) < 4.78 is 86.0. The number of aromatic nitrogens is 1. The Labute approximate surface area is 244 Å². The molecule has 0 bridgehead atoms. The average molecular weight is 609 g/mol. The molecule has 1 aliphatic heterocycles. The van der Waals surface area contributed by atoms with E-state index in [1.165, 1.54) is 19.2 Å². The molecule has 42 heavy (non-hydrogen) atoms. The molecule has 0 spiro atoms. The van der Waals surface area contributed by atoms with Crippen LogP contribution < -0.4 is 15.4 Å². The van der Waals surface area contributed by atoms with Crippen LogP contribution in [0.1, 0.15) is 32.9 Å². The number of methoxy groups -OCH3 is 1. The van der Waals surface area contributed by atoms with Crippen molar-refractivity contribution in [1.82, 2.24) is 9.47 Å². The maximum atomic E-state index is 15.2. The largest absolute Gasteiger partial charge is 0.495 e. The number of fused-ring (bicyclic) bond motifs is 1. The summed E-state index contributed by atoms with van der Waals surface area (Å²) in [5.41, 5.74) is 1.39. The fourth-order valence-electron chi connectivity index (χ4n) is 5.06. The van der Waals surface area contributed by atoms with Gasteiger partial charge in [-0.1, -0.05) is 12.0 Å². The second-order valence-electron chi connectivity index (χ2n) is 11.4. The first kappa shape index (κ1) is 31.5. The molecule has 0 amide bonds. The molecule has 0 radical (unpaired) electrons. The normalized spacial score (nSPS) is 18.4. The van der Waals surface area contributed by atoms with Gasteiger partial charge in [0.1, 0.15) is 18.5 Å². The average Bonchev–Trinajstić information content (AvgIpc) is 3.23. The van der Waals surface area contributed by atoms with Gasteiger partial charge in [0.15, 0.2) is 9.84 Å². The number of hydrogen-bond donors (Lipinski definition) is 2. The van der Waals surface area contributed by atoms with E-state index >= 15 is 4.39 Å².